The van der Waals surface area contributed by atoms with E-state index in [-0.39, 0.29) is 36.5 Å². The molecule has 2 rings (SSSR count). The number of hydrogen-bond acceptors (Lipinski definition) is 5. The van der Waals surface area contributed by atoms with Gasteiger partial charge in [-0.15, -0.1) is 24.0 Å². The van der Waals surface area contributed by atoms with E-state index in [1.165, 1.54) is 6.26 Å². The minimum absolute atomic E-state index is 0. The van der Waals surface area contributed by atoms with Crippen LogP contribution in [-0.4, -0.2) is 53.3 Å². The number of rotatable bonds is 6. The van der Waals surface area contributed by atoms with Crippen molar-refractivity contribution < 1.29 is 17.9 Å². The molecule has 0 saturated carbocycles. The quantitative estimate of drug-likeness (QED) is 0.375. The number of halogens is 1. The molecule has 0 spiro atoms. The van der Waals surface area contributed by atoms with Gasteiger partial charge in [-0.3, -0.25) is 4.99 Å². The molecule has 23 heavy (non-hydrogen) atoms. The smallest absolute Gasteiger partial charge is 0.231 e. The molecule has 0 saturated heterocycles. The van der Waals surface area contributed by atoms with E-state index in [1.54, 1.807) is 7.05 Å². The standard InChI is InChI=1S/C14H21N3O4S.HI/c1-15-14(17-7-8-22(2,18)19)16-6-5-11-3-4-12-13(9-11)21-10-20-12;/h3-4,9H,5-8,10H2,1-2H3,(H2,15,16,17);1H. The molecule has 1 aliphatic rings. The van der Waals surface area contributed by atoms with E-state index in [4.69, 9.17) is 9.47 Å². The molecule has 2 N–H and O–H groups in total. The third-order valence-corrected chi connectivity index (χ3v) is 4.08. The van der Waals surface area contributed by atoms with Crippen LogP contribution in [0.25, 0.3) is 0 Å². The van der Waals surface area contributed by atoms with Crippen molar-refractivity contribution >= 4 is 39.8 Å². The Hall–Kier alpha value is -1.23. The highest BCUT2D eigenvalue weighted by atomic mass is 127. The Labute approximate surface area is 153 Å². The summed E-state index contributed by atoms with van der Waals surface area (Å²) in [5.74, 6) is 2.21. The highest BCUT2D eigenvalue weighted by Gasteiger charge is 2.12. The molecule has 1 aromatic carbocycles. The largest absolute Gasteiger partial charge is 0.454 e. The molecule has 1 aliphatic heterocycles. The highest BCUT2D eigenvalue weighted by molar-refractivity contribution is 14.0. The lowest BCUT2D eigenvalue weighted by atomic mass is 10.1. The summed E-state index contributed by atoms with van der Waals surface area (Å²) in [5.41, 5.74) is 1.13. The maximum absolute atomic E-state index is 11.1. The van der Waals surface area contributed by atoms with Gasteiger partial charge in [0, 0.05) is 26.4 Å². The van der Waals surface area contributed by atoms with Crippen LogP contribution in [0.15, 0.2) is 23.2 Å². The minimum Gasteiger partial charge on any atom is -0.454 e. The molecule has 130 valence electrons. The fraction of sp³-hybridized carbons (Fsp3) is 0.500. The van der Waals surface area contributed by atoms with Crippen molar-refractivity contribution in [2.75, 3.05) is 38.9 Å². The highest BCUT2D eigenvalue weighted by Crippen LogP contribution is 2.32. The van der Waals surface area contributed by atoms with E-state index in [1.807, 2.05) is 18.2 Å². The number of hydrogen-bond donors (Lipinski definition) is 2. The van der Waals surface area contributed by atoms with Gasteiger partial charge in [0.2, 0.25) is 6.79 Å². The Balaban J connectivity index is 0.00000264. The van der Waals surface area contributed by atoms with E-state index < -0.39 is 9.84 Å². The summed E-state index contributed by atoms with van der Waals surface area (Å²) in [4.78, 5) is 4.05. The number of aliphatic imine (C=N–C) groups is 1. The molecule has 9 heteroatoms. The summed E-state index contributed by atoms with van der Waals surface area (Å²) in [6.45, 7) is 1.29. The summed E-state index contributed by atoms with van der Waals surface area (Å²) in [6.07, 6.45) is 2.01. The second-order valence-electron chi connectivity index (χ2n) is 4.99. The molecule has 0 atom stereocenters. The molecular formula is C14H22IN3O4S. The lowest BCUT2D eigenvalue weighted by Crippen LogP contribution is -2.40. The summed E-state index contributed by atoms with van der Waals surface area (Å²) in [5, 5.41) is 6.11. The van der Waals surface area contributed by atoms with E-state index >= 15 is 0 Å². The molecule has 0 fully saturated rings. The topological polar surface area (TPSA) is 89.0 Å². The first-order valence-corrected chi connectivity index (χ1v) is 9.05. The molecule has 0 aromatic heterocycles. The Morgan fingerprint density at radius 3 is 2.61 bits per heavy atom. The van der Waals surface area contributed by atoms with Gasteiger partial charge >= 0.3 is 0 Å². The van der Waals surface area contributed by atoms with Crippen molar-refractivity contribution in [2.24, 2.45) is 4.99 Å². The Bertz CT molecular complexity index is 649. The molecule has 0 radical (unpaired) electrons. The molecular weight excluding hydrogens is 433 g/mol. The van der Waals surface area contributed by atoms with Gasteiger partial charge in [-0.05, 0) is 24.1 Å². The van der Waals surface area contributed by atoms with E-state index in [9.17, 15) is 8.42 Å². The second-order valence-corrected chi connectivity index (χ2v) is 7.25. The normalized spacial score (nSPS) is 13.4. The van der Waals surface area contributed by atoms with Gasteiger partial charge in [-0.1, -0.05) is 6.07 Å². The second kappa shape index (κ2) is 9.16. The van der Waals surface area contributed by atoms with E-state index in [0.29, 0.717) is 19.0 Å². The lowest BCUT2D eigenvalue weighted by molar-refractivity contribution is 0.174. The van der Waals surface area contributed by atoms with Crippen molar-refractivity contribution in [3.8, 4) is 11.5 Å². The zero-order chi connectivity index (χ0) is 16.0. The van der Waals surface area contributed by atoms with Crippen LogP contribution < -0.4 is 20.1 Å². The van der Waals surface area contributed by atoms with Crippen molar-refractivity contribution in [3.05, 3.63) is 23.8 Å². The molecule has 0 unspecified atom stereocenters. The SMILES string of the molecule is CN=C(NCCc1ccc2c(c1)OCO2)NCCS(C)(=O)=O.I. The van der Waals surface area contributed by atoms with Crippen LogP contribution in [0.4, 0.5) is 0 Å². The van der Waals surface area contributed by atoms with Crippen LogP contribution in [0.5, 0.6) is 11.5 Å². The van der Waals surface area contributed by atoms with Gasteiger partial charge in [0.05, 0.1) is 5.75 Å². The summed E-state index contributed by atoms with van der Waals surface area (Å²) in [6, 6.07) is 5.86. The van der Waals surface area contributed by atoms with Crippen molar-refractivity contribution in [2.45, 2.75) is 6.42 Å². The Morgan fingerprint density at radius 2 is 1.91 bits per heavy atom. The molecule has 0 aliphatic carbocycles. The predicted octanol–water partition coefficient (Wildman–Crippen LogP) is 0.785. The van der Waals surface area contributed by atoms with Crippen molar-refractivity contribution in [1.82, 2.24) is 10.6 Å². The first-order valence-electron chi connectivity index (χ1n) is 6.99. The van der Waals surface area contributed by atoms with E-state index in [0.717, 1.165) is 23.5 Å². The summed E-state index contributed by atoms with van der Waals surface area (Å²) < 4.78 is 32.7. The molecule has 1 heterocycles. The zero-order valence-corrected chi connectivity index (χ0v) is 16.3. The minimum atomic E-state index is -2.97. The van der Waals surface area contributed by atoms with Crippen LogP contribution in [0.3, 0.4) is 0 Å². The van der Waals surface area contributed by atoms with E-state index in [2.05, 4.69) is 15.6 Å². The van der Waals surface area contributed by atoms with Gasteiger partial charge in [-0.2, -0.15) is 0 Å². The number of guanidine groups is 1. The van der Waals surface area contributed by atoms with Crippen LogP contribution in [0.2, 0.25) is 0 Å². The number of benzene rings is 1. The predicted molar refractivity (Wildman–Crippen MR) is 101 cm³/mol. The van der Waals surface area contributed by atoms with Crippen LogP contribution >= 0.6 is 24.0 Å². The Morgan fingerprint density at radius 1 is 1.22 bits per heavy atom. The number of nitrogens with zero attached hydrogens (tertiary/aromatic N) is 1. The maximum atomic E-state index is 11.1. The average molecular weight is 455 g/mol. The van der Waals surface area contributed by atoms with Crippen molar-refractivity contribution in [3.63, 3.8) is 0 Å². The molecule has 0 amide bonds. The maximum Gasteiger partial charge on any atom is 0.231 e. The first-order chi connectivity index (χ1) is 10.5. The average Bonchev–Trinajstić information content (AvgIpc) is 2.92. The lowest BCUT2D eigenvalue weighted by Gasteiger charge is -2.11. The van der Waals surface area contributed by atoms with Crippen molar-refractivity contribution in [1.29, 1.82) is 0 Å². The third-order valence-electron chi connectivity index (χ3n) is 3.13. The number of nitrogens with one attached hydrogen (secondary N) is 2. The monoisotopic (exact) mass is 455 g/mol. The van der Waals surface area contributed by atoms with Crippen LogP contribution in [0, 0.1) is 0 Å². The summed E-state index contributed by atoms with van der Waals surface area (Å²) >= 11 is 0. The van der Waals surface area contributed by atoms with Gasteiger partial charge in [-0.25, -0.2) is 8.42 Å². The van der Waals surface area contributed by atoms with Gasteiger partial charge in [0.15, 0.2) is 17.5 Å². The number of ether oxygens (including phenoxy) is 2. The number of fused-ring (bicyclic) bond motifs is 1. The summed E-state index contributed by atoms with van der Waals surface area (Å²) in [7, 11) is -1.32. The Kier molecular flexibility index (Phi) is 7.89. The third kappa shape index (κ3) is 6.81. The zero-order valence-electron chi connectivity index (χ0n) is 13.2. The van der Waals surface area contributed by atoms with Gasteiger partial charge < -0.3 is 20.1 Å². The number of sulfone groups is 1. The molecule has 7 nitrogen and oxygen atoms in total. The fourth-order valence-corrected chi connectivity index (χ4v) is 2.47. The molecule has 0 bridgehead atoms. The molecule has 1 aromatic rings. The van der Waals surface area contributed by atoms with Gasteiger partial charge in [0.1, 0.15) is 9.84 Å². The fourth-order valence-electron chi connectivity index (χ4n) is 2.00. The van der Waals surface area contributed by atoms with Crippen LogP contribution in [-0.2, 0) is 16.3 Å². The van der Waals surface area contributed by atoms with Crippen LogP contribution in [0.1, 0.15) is 5.56 Å². The van der Waals surface area contributed by atoms with Gasteiger partial charge in [0.25, 0.3) is 0 Å². The first kappa shape index (κ1) is 19.8.